The van der Waals surface area contributed by atoms with Crippen molar-refractivity contribution in [1.29, 1.82) is 0 Å². The molecule has 6 N–H and O–H groups in total. The molecule has 4 rings (SSSR count). The third kappa shape index (κ3) is 6.09. The van der Waals surface area contributed by atoms with E-state index in [1.54, 1.807) is 6.92 Å². The Balaban J connectivity index is 1.87. The molecule has 0 aliphatic carbocycles. The van der Waals surface area contributed by atoms with Crippen LogP contribution in [0.25, 0.3) is 11.1 Å². The summed E-state index contributed by atoms with van der Waals surface area (Å²) in [5.74, 6) is -1.80. The molecule has 10 nitrogen and oxygen atoms in total. The van der Waals surface area contributed by atoms with Gasteiger partial charge in [0.1, 0.15) is 21.4 Å². The first-order chi connectivity index (χ1) is 19.0. The van der Waals surface area contributed by atoms with Crippen LogP contribution in [0.4, 0.5) is 0 Å². The highest BCUT2D eigenvalue weighted by Gasteiger charge is 2.31. The monoisotopic (exact) mass is 578 g/mol. The number of thiazole rings is 2. The molecule has 40 heavy (non-hydrogen) atoms. The number of esters is 1. The Morgan fingerprint density at radius 2 is 1.45 bits per heavy atom. The van der Waals surface area contributed by atoms with Crippen molar-refractivity contribution in [2.24, 2.45) is 23.1 Å². The highest BCUT2D eigenvalue weighted by atomic mass is 32.1. The van der Waals surface area contributed by atoms with Gasteiger partial charge < -0.3 is 21.9 Å². The van der Waals surface area contributed by atoms with Crippen LogP contribution in [-0.2, 0) is 17.7 Å². The number of primary amides is 2. The number of carbonyl (C=O) groups excluding carboxylic acids is 3. The Hall–Kier alpha value is -4.00. The van der Waals surface area contributed by atoms with Crippen LogP contribution in [0.1, 0.15) is 83.8 Å². The van der Waals surface area contributed by atoms with Gasteiger partial charge in [0.15, 0.2) is 0 Å². The smallest absolute Gasteiger partial charge is 0.341 e. The Morgan fingerprint density at radius 3 is 1.90 bits per heavy atom. The van der Waals surface area contributed by atoms with Crippen molar-refractivity contribution in [3.8, 4) is 11.1 Å². The second-order valence-corrected chi connectivity index (χ2v) is 11.5. The highest BCUT2D eigenvalue weighted by Crippen LogP contribution is 2.36. The van der Waals surface area contributed by atoms with E-state index in [1.807, 2.05) is 31.2 Å². The predicted octanol–water partition coefficient (Wildman–Crippen LogP) is 4.08. The Kier molecular flexibility index (Phi) is 8.72. The fourth-order valence-corrected chi connectivity index (χ4v) is 6.03. The number of pyridine rings is 1. The summed E-state index contributed by atoms with van der Waals surface area (Å²) in [4.78, 5) is 50.8. The van der Waals surface area contributed by atoms with Gasteiger partial charge in [0.05, 0.1) is 11.3 Å². The van der Waals surface area contributed by atoms with Gasteiger partial charge in [0.2, 0.25) is 6.10 Å². The van der Waals surface area contributed by atoms with Gasteiger partial charge in [-0.25, -0.2) is 14.8 Å². The molecule has 0 radical (unpaired) electrons. The van der Waals surface area contributed by atoms with Gasteiger partial charge in [0, 0.05) is 28.6 Å². The second-order valence-electron chi connectivity index (χ2n) is 9.70. The maximum atomic E-state index is 14.0. The number of nitrogens with two attached hydrogens (primary N) is 3. The number of amides is 2. The van der Waals surface area contributed by atoms with E-state index in [0.29, 0.717) is 23.6 Å². The fraction of sp³-hybridized carbons (Fsp3) is 0.286. The maximum Gasteiger partial charge on any atom is 0.341 e. The first kappa shape index (κ1) is 29.0. The number of nitrogens with zero attached hydrogens (tertiary/aromatic N) is 3. The van der Waals surface area contributed by atoms with E-state index in [1.165, 1.54) is 10.8 Å². The van der Waals surface area contributed by atoms with Gasteiger partial charge in [-0.2, -0.15) is 0 Å². The van der Waals surface area contributed by atoms with E-state index in [-0.39, 0.29) is 33.5 Å². The first-order valence-corrected chi connectivity index (χ1v) is 14.3. The van der Waals surface area contributed by atoms with Crippen molar-refractivity contribution in [3.05, 3.63) is 84.5 Å². The van der Waals surface area contributed by atoms with Crippen LogP contribution in [0.15, 0.2) is 35.0 Å². The summed E-state index contributed by atoms with van der Waals surface area (Å²) in [6.45, 7) is 8.11. The largest absolute Gasteiger partial charge is 0.444 e. The van der Waals surface area contributed by atoms with Crippen molar-refractivity contribution >= 4 is 40.5 Å². The molecule has 0 atom stereocenters. The minimum Gasteiger partial charge on any atom is -0.444 e. The van der Waals surface area contributed by atoms with Crippen LogP contribution in [0.5, 0.6) is 0 Å². The molecule has 4 aromatic rings. The fourth-order valence-electron chi connectivity index (χ4n) is 4.28. The molecule has 0 aliphatic heterocycles. The predicted molar refractivity (Wildman–Crippen MR) is 154 cm³/mol. The third-order valence-electron chi connectivity index (χ3n) is 6.14. The number of carbonyl (C=O) groups is 3. The van der Waals surface area contributed by atoms with E-state index >= 15 is 0 Å². The van der Waals surface area contributed by atoms with Crippen molar-refractivity contribution < 1.29 is 19.1 Å². The van der Waals surface area contributed by atoms with Gasteiger partial charge in [-0.05, 0) is 37.3 Å². The van der Waals surface area contributed by atoms with Crippen LogP contribution in [0, 0.1) is 19.8 Å². The van der Waals surface area contributed by atoms with E-state index in [2.05, 4.69) is 23.8 Å². The molecule has 1 aromatic carbocycles. The molecule has 0 bridgehead atoms. The molecule has 0 saturated carbocycles. The van der Waals surface area contributed by atoms with Gasteiger partial charge >= 0.3 is 5.97 Å². The highest BCUT2D eigenvalue weighted by molar-refractivity contribution is 7.11. The van der Waals surface area contributed by atoms with Gasteiger partial charge in [-0.1, -0.05) is 43.7 Å². The summed E-state index contributed by atoms with van der Waals surface area (Å²) in [5.41, 5.74) is 22.0. The van der Waals surface area contributed by atoms with Crippen LogP contribution in [-0.4, -0.2) is 32.7 Å². The Morgan fingerprint density at radius 1 is 0.900 bits per heavy atom. The summed E-state index contributed by atoms with van der Waals surface area (Å²) in [6, 6.07) is 7.81. The minimum absolute atomic E-state index is 0.0226. The average Bonchev–Trinajstić information content (AvgIpc) is 3.58. The number of aryl methyl sites for hydroxylation is 2. The van der Waals surface area contributed by atoms with Gasteiger partial charge in [-0.15, -0.1) is 22.7 Å². The molecule has 12 heteroatoms. The Labute approximate surface area is 239 Å². The Bertz CT molecular complexity index is 1520. The molecule has 3 aromatic heterocycles. The summed E-state index contributed by atoms with van der Waals surface area (Å²) < 4.78 is 6.05. The first-order valence-electron chi connectivity index (χ1n) is 12.5. The lowest BCUT2D eigenvalue weighted by Gasteiger charge is -2.21. The number of aromatic nitrogens is 3. The van der Waals surface area contributed by atoms with Gasteiger partial charge in [0.25, 0.3) is 11.8 Å². The van der Waals surface area contributed by atoms with E-state index < -0.39 is 23.9 Å². The molecule has 3 heterocycles. The number of hydrogen-bond donors (Lipinski definition) is 3. The second kappa shape index (κ2) is 12.0. The molecule has 208 valence electrons. The van der Waals surface area contributed by atoms with Gasteiger partial charge in [-0.3, -0.25) is 14.6 Å². The summed E-state index contributed by atoms with van der Waals surface area (Å²) in [7, 11) is 0. The number of rotatable bonds is 10. The van der Waals surface area contributed by atoms with E-state index in [0.717, 1.165) is 45.1 Å². The summed E-state index contributed by atoms with van der Waals surface area (Å²) in [6.07, 6.45) is -0.431. The lowest BCUT2D eigenvalue weighted by atomic mass is 9.89. The third-order valence-corrected chi connectivity index (χ3v) is 7.91. The number of ether oxygens (including phenoxy) is 1. The molecule has 0 fully saturated rings. The van der Waals surface area contributed by atoms with Crippen molar-refractivity contribution in [1.82, 2.24) is 15.0 Å². The molecule has 0 unspecified atom stereocenters. The quantitative estimate of drug-likeness (QED) is 0.236. The molecule has 2 amide bonds. The van der Waals surface area contributed by atoms with Crippen molar-refractivity contribution in [3.63, 3.8) is 0 Å². The molecular weight excluding hydrogens is 548 g/mol. The molecular formula is C28H30N6O4S2. The van der Waals surface area contributed by atoms with Crippen molar-refractivity contribution in [2.45, 2.75) is 46.8 Å². The van der Waals surface area contributed by atoms with E-state index in [4.69, 9.17) is 26.9 Å². The summed E-state index contributed by atoms with van der Waals surface area (Å²) in [5, 5.41) is 3.48. The number of benzene rings is 1. The topological polar surface area (TPSA) is 177 Å². The summed E-state index contributed by atoms with van der Waals surface area (Å²) >= 11 is 2.17. The van der Waals surface area contributed by atoms with Crippen LogP contribution in [0.3, 0.4) is 0 Å². The molecule has 0 spiro atoms. The standard InChI is InChI=1S/C28H30N6O4S2/c1-13(2)9-18-17(10-29)22(16-7-5-14(3)6-8-16)21(15(4)32-18)28(37)38-23(26-33-19(11-39-26)24(30)35)27-34-20(12-40-27)25(31)36/h5-8,11-13,23H,9-10,29H2,1-4H3,(H2,30,35)(H2,31,36). The lowest BCUT2D eigenvalue weighted by molar-refractivity contribution is 0.0376. The van der Waals surface area contributed by atoms with Crippen LogP contribution in [0.2, 0.25) is 0 Å². The SMILES string of the molecule is Cc1ccc(-c2c(CN)c(CC(C)C)nc(C)c2C(=O)OC(c2nc(C(N)=O)cs2)c2nc(C(N)=O)cs2)cc1. The zero-order valence-corrected chi connectivity index (χ0v) is 24.2. The van der Waals surface area contributed by atoms with Crippen LogP contribution < -0.4 is 17.2 Å². The average molecular weight is 579 g/mol. The number of hydrogen-bond acceptors (Lipinski definition) is 10. The zero-order chi connectivity index (χ0) is 29.1. The van der Waals surface area contributed by atoms with E-state index in [9.17, 15) is 14.4 Å². The lowest BCUT2D eigenvalue weighted by Crippen LogP contribution is -2.20. The molecule has 0 saturated heterocycles. The van der Waals surface area contributed by atoms with Crippen LogP contribution >= 0.6 is 22.7 Å². The molecule has 0 aliphatic rings. The maximum absolute atomic E-state index is 14.0. The zero-order valence-electron chi connectivity index (χ0n) is 22.6. The van der Waals surface area contributed by atoms with Crippen molar-refractivity contribution in [2.75, 3.05) is 0 Å². The normalized spacial score (nSPS) is 11.3. The minimum atomic E-state index is -1.12.